The van der Waals surface area contributed by atoms with Gasteiger partial charge in [-0.15, -0.1) is 22.7 Å². The molecular formula is C51H52Cl2O5S2. The van der Waals surface area contributed by atoms with Gasteiger partial charge >= 0.3 is 11.9 Å². The van der Waals surface area contributed by atoms with Crippen LogP contribution in [0.25, 0.3) is 20.9 Å². The standard InChI is InChI=1S/C29H31ClO3S.C22H21ClO2S/c1-19(2)33-29(32)25(17-20-9-5-3-6-10-20)24-18-26(27(31)21-11-7-4-8-12-21)34-28(24)22-13-15-23(30)16-14-22;1-15(2)25-22(24)20(14-16-6-4-3-5-7-16)19-12-13-26-21(19)17-8-10-18(23)11-9-17/h3,5-6,9-10,13-16,18-19,21,25H,4,7-8,11-12,17H2,1-2H3;3-13,15,20H,14H2,1-2H3. The molecule has 4 aromatic carbocycles. The number of rotatable bonds is 14. The van der Waals surface area contributed by atoms with Crippen LogP contribution in [-0.4, -0.2) is 29.9 Å². The fourth-order valence-electron chi connectivity index (χ4n) is 7.58. The van der Waals surface area contributed by atoms with Crippen LogP contribution >= 0.6 is 45.9 Å². The van der Waals surface area contributed by atoms with E-state index >= 15 is 0 Å². The smallest absolute Gasteiger partial charge is 0.314 e. The van der Waals surface area contributed by atoms with Crippen LogP contribution in [-0.2, 0) is 31.9 Å². The van der Waals surface area contributed by atoms with E-state index in [2.05, 4.69) is 0 Å². The highest BCUT2D eigenvalue weighted by Gasteiger charge is 2.32. The predicted octanol–water partition coefficient (Wildman–Crippen LogP) is 14.5. The van der Waals surface area contributed by atoms with E-state index in [0.29, 0.717) is 22.9 Å². The van der Waals surface area contributed by atoms with Gasteiger partial charge in [0.25, 0.3) is 0 Å². The molecule has 1 aliphatic carbocycles. The Morgan fingerprint density at radius 1 is 0.600 bits per heavy atom. The molecule has 0 aliphatic heterocycles. The summed E-state index contributed by atoms with van der Waals surface area (Å²) in [6.07, 6.45) is 6.09. The summed E-state index contributed by atoms with van der Waals surface area (Å²) in [4.78, 5) is 42.4. The average molecular weight is 880 g/mol. The van der Waals surface area contributed by atoms with Crippen molar-refractivity contribution in [2.75, 3.05) is 0 Å². The molecule has 1 aliphatic rings. The fourth-order valence-corrected chi connectivity index (χ4v) is 10.0. The maximum atomic E-state index is 13.5. The molecule has 0 spiro atoms. The Hall–Kier alpha value is -4.53. The van der Waals surface area contributed by atoms with Gasteiger partial charge in [-0.25, -0.2) is 0 Å². The molecule has 0 bridgehead atoms. The normalized spacial score (nSPS) is 13.9. The average Bonchev–Trinajstić information content (AvgIpc) is 3.92. The number of carbonyl (C=O) groups excluding carboxylic acids is 3. The highest BCUT2D eigenvalue weighted by Crippen LogP contribution is 2.42. The lowest BCUT2D eigenvalue weighted by molar-refractivity contribution is -0.150. The second-order valence-electron chi connectivity index (χ2n) is 15.8. The number of ketones is 1. The first-order chi connectivity index (χ1) is 29.0. The summed E-state index contributed by atoms with van der Waals surface area (Å²) < 4.78 is 11.3. The monoisotopic (exact) mass is 878 g/mol. The topological polar surface area (TPSA) is 69.7 Å². The van der Waals surface area contributed by atoms with E-state index in [9.17, 15) is 14.4 Å². The first-order valence-electron chi connectivity index (χ1n) is 20.7. The summed E-state index contributed by atoms with van der Waals surface area (Å²) in [6.45, 7) is 7.49. The van der Waals surface area contributed by atoms with Crippen LogP contribution in [0.3, 0.4) is 0 Å². The van der Waals surface area contributed by atoms with E-state index in [-0.39, 0.29) is 41.8 Å². The molecule has 7 rings (SSSR count). The maximum absolute atomic E-state index is 13.5. The minimum absolute atomic E-state index is 0.0773. The van der Waals surface area contributed by atoms with E-state index in [1.165, 1.54) is 17.8 Å². The molecule has 2 unspecified atom stereocenters. The van der Waals surface area contributed by atoms with Gasteiger partial charge in [0.2, 0.25) is 0 Å². The van der Waals surface area contributed by atoms with Gasteiger partial charge in [0, 0.05) is 25.7 Å². The number of hydrogen-bond donors (Lipinski definition) is 0. The highest BCUT2D eigenvalue weighted by atomic mass is 35.5. The van der Waals surface area contributed by atoms with E-state index in [1.807, 2.05) is 154 Å². The molecule has 60 heavy (non-hydrogen) atoms. The Balaban J connectivity index is 0.000000209. The SMILES string of the molecule is CC(C)OC(=O)C(Cc1ccccc1)c1cc(C(=O)C2CCCCC2)sc1-c1ccc(Cl)cc1.CC(C)OC(=O)C(Cc1ccccc1)c1ccsc1-c1ccc(Cl)cc1. The van der Waals surface area contributed by atoms with Crippen LogP contribution in [0.2, 0.25) is 10.0 Å². The Kier molecular flexibility index (Phi) is 16.4. The molecule has 6 aromatic rings. The molecule has 0 radical (unpaired) electrons. The molecule has 0 saturated heterocycles. The van der Waals surface area contributed by atoms with Crippen LogP contribution in [0.15, 0.2) is 127 Å². The third kappa shape index (κ3) is 12.3. The molecule has 1 fully saturated rings. The first kappa shape index (κ1) is 45.0. The van der Waals surface area contributed by atoms with Crippen LogP contribution in [0, 0.1) is 5.92 Å². The van der Waals surface area contributed by atoms with Gasteiger partial charge in [0.05, 0.1) is 28.9 Å². The number of Topliss-reactive ketones (excluding diaryl/α,β-unsaturated/α-hetero) is 1. The number of thiophene rings is 2. The van der Waals surface area contributed by atoms with Gasteiger partial charge < -0.3 is 9.47 Å². The lowest BCUT2D eigenvalue weighted by Gasteiger charge is -2.19. The van der Waals surface area contributed by atoms with E-state index in [1.54, 1.807) is 11.3 Å². The highest BCUT2D eigenvalue weighted by molar-refractivity contribution is 7.17. The minimum atomic E-state index is -0.500. The van der Waals surface area contributed by atoms with E-state index < -0.39 is 5.92 Å². The third-order valence-corrected chi connectivity index (χ3v) is 13.2. The van der Waals surface area contributed by atoms with Crippen LogP contribution in [0.4, 0.5) is 0 Å². The van der Waals surface area contributed by atoms with Crippen molar-refractivity contribution in [1.82, 2.24) is 0 Å². The van der Waals surface area contributed by atoms with Crippen molar-refractivity contribution >= 4 is 63.6 Å². The summed E-state index contributed by atoms with van der Waals surface area (Å²) in [7, 11) is 0. The maximum Gasteiger partial charge on any atom is 0.314 e. The van der Waals surface area contributed by atoms with Gasteiger partial charge in [-0.05, 0) is 129 Å². The van der Waals surface area contributed by atoms with Gasteiger partial charge in [-0.3, -0.25) is 14.4 Å². The van der Waals surface area contributed by atoms with E-state index in [4.69, 9.17) is 32.7 Å². The number of halogens is 2. The molecule has 1 saturated carbocycles. The fraction of sp³-hybridized carbons (Fsp3) is 0.314. The molecule has 9 heteroatoms. The minimum Gasteiger partial charge on any atom is -0.462 e. The zero-order chi connectivity index (χ0) is 42.6. The molecule has 2 heterocycles. The van der Waals surface area contributed by atoms with Crippen molar-refractivity contribution in [1.29, 1.82) is 0 Å². The van der Waals surface area contributed by atoms with Crippen molar-refractivity contribution in [2.45, 2.75) is 96.7 Å². The number of hydrogen-bond acceptors (Lipinski definition) is 7. The van der Waals surface area contributed by atoms with Crippen molar-refractivity contribution in [3.63, 3.8) is 0 Å². The summed E-state index contributed by atoms with van der Waals surface area (Å²) >= 11 is 15.3. The van der Waals surface area contributed by atoms with Crippen LogP contribution in [0.1, 0.15) is 104 Å². The molecule has 0 N–H and O–H groups in total. The number of carbonyl (C=O) groups is 3. The Bertz CT molecular complexity index is 2290. The molecule has 312 valence electrons. The molecular weight excluding hydrogens is 828 g/mol. The van der Waals surface area contributed by atoms with Crippen LogP contribution in [0.5, 0.6) is 0 Å². The molecule has 2 atom stereocenters. The van der Waals surface area contributed by atoms with Gasteiger partial charge in [0.1, 0.15) is 0 Å². The Morgan fingerprint density at radius 2 is 1.07 bits per heavy atom. The van der Waals surface area contributed by atoms with Gasteiger partial charge in [-0.2, -0.15) is 0 Å². The quantitative estimate of drug-likeness (QED) is 0.0805. The molecule has 5 nitrogen and oxygen atoms in total. The van der Waals surface area contributed by atoms with Crippen molar-refractivity contribution in [3.8, 4) is 20.9 Å². The van der Waals surface area contributed by atoms with E-state index in [0.717, 1.165) is 73.7 Å². The summed E-state index contributed by atoms with van der Waals surface area (Å²) in [5.41, 5.74) is 6.07. The van der Waals surface area contributed by atoms with Crippen molar-refractivity contribution in [3.05, 3.63) is 164 Å². The lowest BCUT2D eigenvalue weighted by atomic mass is 9.85. The third-order valence-electron chi connectivity index (χ3n) is 10.5. The molecule has 2 aromatic heterocycles. The zero-order valence-electron chi connectivity index (χ0n) is 34.6. The number of ether oxygens (including phenoxy) is 2. The first-order valence-corrected chi connectivity index (χ1v) is 23.2. The van der Waals surface area contributed by atoms with Crippen molar-refractivity contribution < 1.29 is 23.9 Å². The zero-order valence-corrected chi connectivity index (χ0v) is 37.7. The van der Waals surface area contributed by atoms with Crippen LogP contribution < -0.4 is 0 Å². The largest absolute Gasteiger partial charge is 0.462 e. The summed E-state index contributed by atoms with van der Waals surface area (Å²) in [6, 6.07) is 39.4. The number of esters is 2. The second-order valence-corrected chi connectivity index (χ2v) is 18.6. The second kappa shape index (κ2) is 21.8. The lowest BCUT2D eigenvalue weighted by Crippen LogP contribution is -2.22. The summed E-state index contributed by atoms with van der Waals surface area (Å²) in [5, 5.41) is 3.38. The number of benzene rings is 4. The summed E-state index contributed by atoms with van der Waals surface area (Å²) in [5.74, 6) is -0.993. The predicted molar refractivity (Wildman–Crippen MR) is 249 cm³/mol. The van der Waals surface area contributed by atoms with Crippen molar-refractivity contribution in [2.24, 2.45) is 5.92 Å². The van der Waals surface area contributed by atoms with Gasteiger partial charge in [0.15, 0.2) is 5.78 Å². The Morgan fingerprint density at radius 3 is 1.55 bits per heavy atom. The Labute approximate surface area is 372 Å². The molecule has 0 amide bonds. The van der Waals surface area contributed by atoms with Gasteiger partial charge in [-0.1, -0.05) is 127 Å².